The first-order chi connectivity index (χ1) is 10.5. The highest BCUT2D eigenvalue weighted by molar-refractivity contribution is 5.94. The molecule has 1 aromatic heterocycles. The van der Waals surface area contributed by atoms with E-state index < -0.39 is 17.5 Å². The van der Waals surface area contributed by atoms with Gasteiger partial charge in [-0.2, -0.15) is 9.49 Å². The number of benzene rings is 1. The summed E-state index contributed by atoms with van der Waals surface area (Å²) in [6.45, 7) is 4.04. The van der Waals surface area contributed by atoms with Crippen LogP contribution in [0.1, 0.15) is 27.3 Å². The fourth-order valence-corrected chi connectivity index (χ4v) is 2.20. The van der Waals surface area contributed by atoms with Crippen LogP contribution in [-0.4, -0.2) is 29.8 Å². The van der Waals surface area contributed by atoms with Gasteiger partial charge in [0.1, 0.15) is 0 Å². The molecular weight excluding hydrogens is 292 g/mol. The zero-order valence-corrected chi connectivity index (χ0v) is 12.6. The molecule has 0 atom stereocenters. The molecule has 0 unspecified atom stereocenters. The van der Waals surface area contributed by atoms with E-state index in [1.54, 1.807) is 0 Å². The SMILES string of the molecule is COc1ccc(C(=O)NCCc2c(C)n[nH]c2C)c(F)c1F. The molecule has 0 spiro atoms. The first kappa shape index (κ1) is 15.9. The number of nitrogens with zero attached hydrogens (tertiary/aromatic N) is 1. The molecule has 0 fully saturated rings. The van der Waals surface area contributed by atoms with Crippen LogP contribution in [0.2, 0.25) is 0 Å². The summed E-state index contributed by atoms with van der Waals surface area (Å²) in [5.41, 5.74) is 2.43. The van der Waals surface area contributed by atoms with Crippen molar-refractivity contribution in [1.29, 1.82) is 0 Å². The van der Waals surface area contributed by atoms with Gasteiger partial charge in [-0.3, -0.25) is 9.89 Å². The topological polar surface area (TPSA) is 67.0 Å². The summed E-state index contributed by atoms with van der Waals surface area (Å²) in [5, 5.41) is 9.47. The van der Waals surface area contributed by atoms with Crippen LogP contribution in [-0.2, 0) is 6.42 Å². The first-order valence-corrected chi connectivity index (χ1v) is 6.76. The van der Waals surface area contributed by atoms with Gasteiger partial charge in [0.25, 0.3) is 5.91 Å². The summed E-state index contributed by atoms with van der Waals surface area (Å²) in [6.07, 6.45) is 0.556. The summed E-state index contributed by atoms with van der Waals surface area (Å²) in [6, 6.07) is 2.42. The molecule has 2 aromatic rings. The van der Waals surface area contributed by atoms with Gasteiger partial charge in [-0.15, -0.1) is 0 Å². The number of aromatic amines is 1. The Hall–Kier alpha value is -2.44. The van der Waals surface area contributed by atoms with Crippen LogP contribution in [0.15, 0.2) is 12.1 Å². The zero-order chi connectivity index (χ0) is 16.3. The molecule has 1 heterocycles. The van der Waals surface area contributed by atoms with Gasteiger partial charge in [-0.25, -0.2) is 4.39 Å². The lowest BCUT2D eigenvalue weighted by Gasteiger charge is -2.09. The summed E-state index contributed by atoms with van der Waals surface area (Å²) in [5.74, 6) is -3.29. The van der Waals surface area contributed by atoms with Gasteiger partial charge >= 0.3 is 0 Å². The van der Waals surface area contributed by atoms with Crippen molar-refractivity contribution in [3.05, 3.63) is 46.3 Å². The van der Waals surface area contributed by atoms with Crippen molar-refractivity contribution in [3.8, 4) is 5.75 Å². The highest BCUT2D eigenvalue weighted by Crippen LogP contribution is 2.22. The average Bonchev–Trinajstić information content (AvgIpc) is 2.81. The minimum absolute atomic E-state index is 0.237. The number of amides is 1. The molecule has 22 heavy (non-hydrogen) atoms. The van der Waals surface area contributed by atoms with Crippen molar-refractivity contribution in [3.63, 3.8) is 0 Å². The van der Waals surface area contributed by atoms with Crippen LogP contribution in [0, 0.1) is 25.5 Å². The lowest BCUT2D eigenvalue weighted by molar-refractivity contribution is 0.0949. The fraction of sp³-hybridized carbons (Fsp3) is 0.333. The highest BCUT2D eigenvalue weighted by Gasteiger charge is 2.19. The fourth-order valence-electron chi connectivity index (χ4n) is 2.20. The number of carbonyl (C=O) groups excluding carboxylic acids is 1. The number of hydrogen-bond acceptors (Lipinski definition) is 3. The predicted octanol–water partition coefficient (Wildman–Crippen LogP) is 2.29. The lowest BCUT2D eigenvalue weighted by atomic mass is 10.1. The molecule has 0 saturated carbocycles. The van der Waals surface area contributed by atoms with Crippen LogP contribution < -0.4 is 10.1 Å². The summed E-state index contributed by atoms with van der Waals surface area (Å²) >= 11 is 0. The lowest BCUT2D eigenvalue weighted by Crippen LogP contribution is -2.27. The third kappa shape index (κ3) is 3.08. The summed E-state index contributed by atoms with van der Waals surface area (Å²) in [7, 11) is 1.23. The van der Waals surface area contributed by atoms with Crippen molar-refractivity contribution in [1.82, 2.24) is 15.5 Å². The Morgan fingerprint density at radius 2 is 2.05 bits per heavy atom. The van der Waals surface area contributed by atoms with Crippen molar-refractivity contribution in [2.24, 2.45) is 0 Å². The molecule has 1 amide bonds. The van der Waals surface area contributed by atoms with Gasteiger partial charge in [-0.05, 0) is 38.0 Å². The van der Waals surface area contributed by atoms with E-state index in [4.69, 9.17) is 0 Å². The molecule has 118 valence electrons. The van der Waals surface area contributed by atoms with Crippen LogP contribution >= 0.6 is 0 Å². The number of carbonyl (C=O) groups is 1. The number of H-pyrrole nitrogens is 1. The van der Waals surface area contributed by atoms with Crippen molar-refractivity contribution < 1.29 is 18.3 Å². The van der Waals surface area contributed by atoms with Gasteiger partial charge in [0.15, 0.2) is 11.6 Å². The number of rotatable bonds is 5. The van der Waals surface area contributed by atoms with Crippen molar-refractivity contribution in [2.45, 2.75) is 20.3 Å². The number of nitrogens with one attached hydrogen (secondary N) is 2. The normalized spacial score (nSPS) is 10.6. The van der Waals surface area contributed by atoms with Gasteiger partial charge < -0.3 is 10.1 Å². The Bertz CT molecular complexity index is 679. The van der Waals surface area contributed by atoms with Crippen LogP contribution in [0.5, 0.6) is 5.75 Å². The molecule has 0 aliphatic carbocycles. The molecule has 0 aliphatic rings. The predicted molar refractivity (Wildman–Crippen MR) is 77.0 cm³/mol. The molecule has 2 N–H and O–H groups in total. The number of aromatic nitrogens is 2. The molecule has 2 rings (SSSR count). The second-order valence-corrected chi connectivity index (χ2v) is 4.86. The molecule has 0 saturated heterocycles. The van der Waals surface area contributed by atoms with E-state index >= 15 is 0 Å². The molecular formula is C15H17F2N3O2. The van der Waals surface area contributed by atoms with Gasteiger partial charge in [0.2, 0.25) is 5.82 Å². The number of ether oxygens (including phenoxy) is 1. The Morgan fingerprint density at radius 3 is 2.64 bits per heavy atom. The highest BCUT2D eigenvalue weighted by atomic mass is 19.2. The average molecular weight is 309 g/mol. The van der Waals surface area contributed by atoms with E-state index in [1.807, 2.05) is 13.8 Å². The maximum atomic E-state index is 13.8. The second kappa shape index (κ2) is 6.55. The Kier molecular flexibility index (Phi) is 4.75. The van der Waals surface area contributed by atoms with E-state index in [0.717, 1.165) is 17.0 Å². The molecule has 0 bridgehead atoms. The van der Waals surface area contributed by atoms with E-state index in [0.29, 0.717) is 13.0 Å². The molecule has 7 heteroatoms. The second-order valence-electron chi connectivity index (χ2n) is 4.86. The largest absolute Gasteiger partial charge is 0.494 e. The first-order valence-electron chi connectivity index (χ1n) is 6.76. The van der Waals surface area contributed by atoms with E-state index in [-0.39, 0.29) is 11.3 Å². The smallest absolute Gasteiger partial charge is 0.254 e. The molecule has 0 aliphatic heterocycles. The number of aryl methyl sites for hydroxylation is 2. The van der Waals surface area contributed by atoms with Gasteiger partial charge in [-0.1, -0.05) is 0 Å². The van der Waals surface area contributed by atoms with Crippen molar-refractivity contribution in [2.75, 3.05) is 13.7 Å². The standard InChI is InChI=1S/C15H17F2N3O2/c1-8-10(9(2)20-19-8)6-7-18-15(21)11-4-5-12(22-3)14(17)13(11)16/h4-5H,6-7H2,1-3H3,(H,18,21)(H,19,20). The molecule has 5 nitrogen and oxygen atoms in total. The van der Waals surface area contributed by atoms with Crippen LogP contribution in [0.4, 0.5) is 8.78 Å². The van der Waals surface area contributed by atoms with Crippen LogP contribution in [0.25, 0.3) is 0 Å². The minimum Gasteiger partial charge on any atom is -0.494 e. The Balaban J connectivity index is 2.03. The van der Waals surface area contributed by atoms with Crippen LogP contribution in [0.3, 0.4) is 0 Å². The minimum atomic E-state index is -1.22. The number of halogens is 2. The van der Waals surface area contributed by atoms with E-state index in [9.17, 15) is 13.6 Å². The maximum Gasteiger partial charge on any atom is 0.254 e. The number of methoxy groups -OCH3 is 1. The van der Waals surface area contributed by atoms with Crippen molar-refractivity contribution >= 4 is 5.91 Å². The Morgan fingerprint density at radius 1 is 1.32 bits per heavy atom. The quantitative estimate of drug-likeness (QED) is 0.890. The Labute approximate surface area is 126 Å². The zero-order valence-electron chi connectivity index (χ0n) is 12.6. The summed E-state index contributed by atoms with van der Waals surface area (Å²) in [4.78, 5) is 11.9. The molecule has 1 aromatic carbocycles. The van der Waals surface area contributed by atoms with E-state index in [2.05, 4.69) is 20.3 Å². The summed E-state index contributed by atoms with van der Waals surface area (Å²) < 4.78 is 32.0. The van der Waals surface area contributed by atoms with Gasteiger partial charge in [0, 0.05) is 12.2 Å². The third-order valence-electron chi connectivity index (χ3n) is 3.45. The third-order valence-corrected chi connectivity index (χ3v) is 3.45. The molecule has 0 radical (unpaired) electrons. The maximum absolute atomic E-state index is 13.8. The monoisotopic (exact) mass is 309 g/mol. The van der Waals surface area contributed by atoms with Gasteiger partial charge in [0.05, 0.1) is 18.4 Å². The van der Waals surface area contributed by atoms with E-state index in [1.165, 1.54) is 19.2 Å². The number of hydrogen-bond donors (Lipinski definition) is 2.